The van der Waals surface area contributed by atoms with Crippen LogP contribution in [0, 0.1) is 0 Å². The molecule has 1 aromatic carbocycles. The van der Waals surface area contributed by atoms with Crippen LogP contribution in [0.4, 0.5) is 0 Å². The van der Waals surface area contributed by atoms with E-state index < -0.39 is 0 Å². The minimum absolute atomic E-state index is 0.0499. The van der Waals surface area contributed by atoms with Crippen LogP contribution in [-0.4, -0.2) is 19.3 Å². The molecular formula is C16H20Cl2O2. The van der Waals surface area contributed by atoms with Crippen LogP contribution in [0.5, 0.6) is 5.75 Å². The van der Waals surface area contributed by atoms with Gasteiger partial charge in [-0.05, 0) is 49.8 Å². The van der Waals surface area contributed by atoms with E-state index >= 15 is 0 Å². The third-order valence-electron chi connectivity index (χ3n) is 4.13. The van der Waals surface area contributed by atoms with Gasteiger partial charge in [0.2, 0.25) is 0 Å². The second-order valence-corrected chi connectivity index (χ2v) is 6.58. The van der Waals surface area contributed by atoms with Crippen LogP contribution in [0.1, 0.15) is 48.6 Å². The number of benzene rings is 1. The van der Waals surface area contributed by atoms with Crippen LogP contribution < -0.4 is 4.74 Å². The van der Waals surface area contributed by atoms with Crippen molar-refractivity contribution in [3.8, 4) is 5.75 Å². The summed E-state index contributed by atoms with van der Waals surface area (Å²) in [5.74, 6) is 0.957. The Morgan fingerprint density at radius 2 is 2.15 bits per heavy atom. The Hall–Kier alpha value is -0.440. The minimum atomic E-state index is -0.0499. The summed E-state index contributed by atoms with van der Waals surface area (Å²) < 4.78 is 11.5. The van der Waals surface area contributed by atoms with E-state index in [0.29, 0.717) is 6.10 Å². The van der Waals surface area contributed by atoms with E-state index in [2.05, 4.69) is 0 Å². The van der Waals surface area contributed by atoms with Crippen LogP contribution >= 0.6 is 23.2 Å². The average Bonchev–Trinajstić information content (AvgIpc) is 2.93. The first-order chi connectivity index (χ1) is 9.74. The van der Waals surface area contributed by atoms with E-state index in [-0.39, 0.29) is 5.38 Å². The van der Waals surface area contributed by atoms with Gasteiger partial charge >= 0.3 is 0 Å². The largest absolute Gasteiger partial charge is 0.493 e. The molecule has 2 unspecified atom stereocenters. The van der Waals surface area contributed by atoms with Gasteiger partial charge in [-0.15, -0.1) is 11.6 Å². The number of hydrogen-bond donors (Lipinski definition) is 0. The summed E-state index contributed by atoms with van der Waals surface area (Å²) in [6.45, 7) is 1.63. The minimum Gasteiger partial charge on any atom is -0.493 e. The molecule has 2 nitrogen and oxygen atoms in total. The van der Waals surface area contributed by atoms with E-state index in [9.17, 15) is 0 Å². The van der Waals surface area contributed by atoms with Crippen molar-refractivity contribution in [2.45, 2.75) is 50.0 Å². The van der Waals surface area contributed by atoms with Crippen molar-refractivity contribution in [3.63, 3.8) is 0 Å². The van der Waals surface area contributed by atoms with E-state index in [0.717, 1.165) is 55.2 Å². The SMILES string of the molecule is Clc1cc2c(c(C(Cl)CCC3CCCCO3)c1)OCC2. The van der Waals surface area contributed by atoms with Crippen LogP contribution in [0.2, 0.25) is 5.02 Å². The number of alkyl halides is 1. The van der Waals surface area contributed by atoms with E-state index in [1.165, 1.54) is 18.4 Å². The molecule has 0 saturated carbocycles. The molecule has 0 amide bonds. The molecule has 0 radical (unpaired) electrons. The Morgan fingerprint density at radius 1 is 1.25 bits per heavy atom. The lowest BCUT2D eigenvalue weighted by Gasteiger charge is -2.23. The third kappa shape index (κ3) is 3.24. The second kappa shape index (κ2) is 6.55. The summed E-state index contributed by atoms with van der Waals surface area (Å²) in [7, 11) is 0. The lowest BCUT2D eigenvalue weighted by Crippen LogP contribution is -2.19. The van der Waals surface area contributed by atoms with Gasteiger partial charge in [-0.2, -0.15) is 0 Å². The molecule has 110 valence electrons. The lowest BCUT2D eigenvalue weighted by molar-refractivity contribution is 0.00998. The van der Waals surface area contributed by atoms with Crippen molar-refractivity contribution < 1.29 is 9.47 Å². The highest BCUT2D eigenvalue weighted by molar-refractivity contribution is 6.31. The number of fused-ring (bicyclic) bond motifs is 1. The third-order valence-corrected chi connectivity index (χ3v) is 4.80. The van der Waals surface area contributed by atoms with E-state index in [1.807, 2.05) is 12.1 Å². The molecule has 1 fully saturated rings. The molecule has 1 saturated heterocycles. The predicted molar refractivity (Wildman–Crippen MR) is 82.1 cm³/mol. The highest BCUT2D eigenvalue weighted by atomic mass is 35.5. The molecule has 1 aromatic rings. The fraction of sp³-hybridized carbons (Fsp3) is 0.625. The molecule has 0 aromatic heterocycles. The maximum atomic E-state index is 6.59. The van der Waals surface area contributed by atoms with Gasteiger partial charge in [0.15, 0.2) is 0 Å². The molecule has 0 bridgehead atoms. The molecule has 3 rings (SSSR count). The molecule has 0 aliphatic carbocycles. The fourth-order valence-corrected chi connectivity index (χ4v) is 3.59. The standard InChI is InChI=1S/C16H20Cl2O2/c17-12-9-11-6-8-20-16(11)14(10-12)15(18)5-4-13-3-1-2-7-19-13/h9-10,13,15H,1-8H2. The lowest BCUT2D eigenvalue weighted by atomic mass is 9.99. The zero-order valence-electron chi connectivity index (χ0n) is 11.5. The van der Waals surface area contributed by atoms with Gasteiger partial charge in [0.1, 0.15) is 5.75 Å². The molecule has 2 heterocycles. The number of hydrogen-bond acceptors (Lipinski definition) is 2. The second-order valence-electron chi connectivity index (χ2n) is 5.62. The first-order valence-corrected chi connectivity index (χ1v) is 8.26. The van der Waals surface area contributed by atoms with Gasteiger partial charge in [-0.1, -0.05) is 11.6 Å². The molecule has 2 aliphatic rings. The molecule has 20 heavy (non-hydrogen) atoms. The Kier molecular flexibility index (Phi) is 4.75. The topological polar surface area (TPSA) is 18.5 Å². The number of ether oxygens (including phenoxy) is 2. The highest BCUT2D eigenvalue weighted by Crippen LogP contribution is 2.40. The Bertz CT molecular complexity index is 470. The first-order valence-electron chi connectivity index (χ1n) is 7.45. The number of rotatable bonds is 4. The average molecular weight is 315 g/mol. The molecular weight excluding hydrogens is 295 g/mol. The van der Waals surface area contributed by atoms with Crippen molar-refractivity contribution in [2.75, 3.05) is 13.2 Å². The van der Waals surface area contributed by atoms with Gasteiger partial charge in [-0.25, -0.2) is 0 Å². The van der Waals surface area contributed by atoms with E-state index in [1.54, 1.807) is 0 Å². The predicted octanol–water partition coefficient (Wildman–Crippen LogP) is 4.90. The molecule has 0 N–H and O–H groups in total. The molecule has 2 aliphatic heterocycles. The van der Waals surface area contributed by atoms with E-state index in [4.69, 9.17) is 32.7 Å². The maximum absolute atomic E-state index is 6.59. The summed E-state index contributed by atoms with van der Waals surface area (Å²) in [6.07, 6.45) is 6.84. The maximum Gasteiger partial charge on any atom is 0.127 e. The summed E-state index contributed by atoms with van der Waals surface area (Å²) in [4.78, 5) is 0. The Labute approximate surface area is 130 Å². The smallest absolute Gasteiger partial charge is 0.127 e. The first kappa shape index (κ1) is 14.5. The van der Waals surface area contributed by atoms with Crippen LogP contribution in [0.15, 0.2) is 12.1 Å². The molecule has 2 atom stereocenters. The van der Waals surface area contributed by atoms with Crippen LogP contribution in [0.3, 0.4) is 0 Å². The van der Waals surface area contributed by atoms with Crippen LogP contribution in [0.25, 0.3) is 0 Å². The van der Waals surface area contributed by atoms with Gasteiger partial charge in [0.05, 0.1) is 18.1 Å². The highest BCUT2D eigenvalue weighted by Gasteiger charge is 2.23. The zero-order valence-corrected chi connectivity index (χ0v) is 13.1. The van der Waals surface area contributed by atoms with Crippen molar-refractivity contribution >= 4 is 23.2 Å². The van der Waals surface area contributed by atoms with Gasteiger partial charge in [0.25, 0.3) is 0 Å². The quantitative estimate of drug-likeness (QED) is 0.735. The van der Waals surface area contributed by atoms with Crippen molar-refractivity contribution in [3.05, 3.63) is 28.3 Å². The Morgan fingerprint density at radius 3 is 2.95 bits per heavy atom. The van der Waals surface area contributed by atoms with Crippen LogP contribution in [-0.2, 0) is 11.2 Å². The summed E-state index contributed by atoms with van der Waals surface area (Å²) >= 11 is 12.8. The monoisotopic (exact) mass is 314 g/mol. The normalized spacial score (nSPS) is 23.2. The summed E-state index contributed by atoms with van der Waals surface area (Å²) in [6, 6.07) is 3.94. The van der Waals surface area contributed by atoms with Gasteiger partial charge < -0.3 is 9.47 Å². The van der Waals surface area contributed by atoms with Gasteiger partial charge in [-0.3, -0.25) is 0 Å². The molecule has 4 heteroatoms. The van der Waals surface area contributed by atoms with Crippen molar-refractivity contribution in [1.29, 1.82) is 0 Å². The van der Waals surface area contributed by atoms with Crippen molar-refractivity contribution in [2.24, 2.45) is 0 Å². The van der Waals surface area contributed by atoms with Crippen molar-refractivity contribution in [1.82, 2.24) is 0 Å². The molecule has 0 spiro atoms. The Balaban J connectivity index is 1.66. The fourth-order valence-electron chi connectivity index (χ4n) is 3.05. The summed E-state index contributed by atoms with van der Waals surface area (Å²) in [5.41, 5.74) is 2.23. The number of halogens is 2. The van der Waals surface area contributed by atoms with Gasteiger partial charge in [0, 0.05) is 23.6 Å². The summed E-state index contributed by atoms with van der Waals surface area (Å²) in [5, 5.41) is 0.704. The zero-order chi connectivity index (χ0) is 13.9.